The molecule has 1 fully saturated rings. The molecule has 0 bridgehead atoms. The van der Waals surface area contributed by atoms with E-state index in [0.29, 0.717) is 38.5 Å². The van der Waals surface area contributed by atoms with Crippen molar-refractivity contribution in [3.63, 3.8) is 0 Å². The van der Waals surface area contributed by atoms with Gasteiger partial charge in [-0.15, -0.1) is 0 Å². The third-order valence-corrected chi connectivity index (χ3v) is 6.51. The Kier molecular flexibility index (Phi) is 9.55. The Labute approximate surface area is 190 Å². The molecule has 1 heterocycles. The van der Waals surface area contributed by atoms with Crippen LogP contribution in [0.4, 0.5) is 4.79 Å². The minimum Gasteiger partial charge on any atom is -0.464 e. The van der Waals surface area contributed by atoms with Crippen LogP contribution in [0.1, 0.15) is 34.6 Å². The van der Waals surface area contributed by atoms with Gasteiger partial charge in [-0.3, -0.25) is 9.42 Å². The van der Waals surface area contributed by atoms with E-state index >= 15 is 0 Å². The van der Waals surface area contributed by atoms with E-state index in [4.69, 9.17) is 18.5 Å². The Morgan fingerprint density at radius 1 is 1.09 bits per heavy atom. The number of para-hydroxylation sites is 1. The molecule has 0 saturated carbocycles. The van der Waals surface area contributed by atoms with Crippen molar-refractivity contribution in [3.05, 3.63) is 30.3 Å². The number of carbonyl (C=O) groups excluding carboxylic acids is 2. The first kappa shape index (κ1) is 26.2. The summed E-state index contributed by atoms with van der Waals surface area (Å²) in [4.78, 5) is 28.0. The van der Waals surface area contributed by atoms with Gasteiger partial charge in [-0.25, -0.2) is 14.2 Å². The Hall–Kier alpha value is -2.09. The second-order valence-corrected chi connectivity index (χ2v) is 10.6. The highest BCUT2D eigenvalue weighted by molar-refractivity contribution is 7.54. The first-order valence-corrected chi connectivity index (χ1v) is 12.6. The Morgan fingerprint density at radius 2 is 1.72 bits per heavy atom. The monoisotopic (exact) mass is 470 g/mol. The molecule has 1 aromatic carbocycles. The van der Waals surface area contributed by atoms with Gasteiger partial charge in [0.05, 0.1) is 12.8 Å². The van der Waals surface area contributed by atoms with E-state index < -0.39 is 25.3 Å². The van der Waals surface area contributed by atoms with Gasteiger partial charge in [0, 0.05) is 32.7 Å². The third kappa shape index (κ3) is 8.81. The second-order valence-electron chi connectivity index (χ2n) is 8.55. The van der Waals surface area contributed by atoms with Crippen molar-refractivity contribution < 1.29 is 32.7 Å². The lowest BCUT2D eigenvalue weighted by Crippen LogP contribution is -2.50. The van der Waals surface area contributed by atoms with Crippen LogP contribution in [0.3, 0.4) is 0 Å². The number of nitrogens with zero attached hydrogens (tertiary/aromatic N) is 2. The largest absolute Gasteiger partial charge is 0.464 e. The molecule has 9 nitrogen and oxygen atoms in total. The van der Waals surface area contributed by atoms with Crippen molar-refractivity contribution in [2.45, 2.75) is 46.3 Å². The zero-order valence-corrected chi connectivity index (χ0v) is 20.5. The normalized spacial score (nSPS) is 17.8. The van der Waals surface area contributed by atoms with Crippen molar-refractivity contribution in [2.24, 2.45) is 0 Å². The third-order valence-electron chi connectivity index (χ3n) is 4.64. The number of hydrogen-bond donors (Lipinski definition) is 0. The van der Waals surface area contributed by atoms with Crippen molar-refractivity contribution in [1.82, 2.24) is 9.80 Å². The molecule has 0 spiro atoms. The molecule has 0 radical (unpaired) electrons. The molecule has 0 N–H and O–H groups in total. The smallest absolute Gasteiger partial charge is 0.410 e. The maximum Gasteiger partial charge on any atom is 0.410 e. The van der Waals surface area contributed by atoms with Crippen LogP contribution >= 0.6 is 7.60 Å². The number of benzene rings is 1. The maximum atomic E-state index is 13.5. The number of piperazine rings is 1. The summed E-state index contributed by atoms with van der Waals surface area (Å²) in [5.74, 6) is -0.183. The van der Waals surface area contributed by atoms with Gasteiger partial charge in [0.15, 0.2) is 6.10 Å². The zero-order valence-electron chi connectivity index (χ0n) is 19.6. The molecule has 1 amide bonds. The lowest BCUT2D eigenvalue weighted by Gasteiger charge is -2.36. The minimum absolute atomic E-state index is 0.0953. The molecular formula is C22H35N2O7P. The van der Waals surface area contributed by atoms with Crippen LogP contribution in [0.15, 0.2) is 30.3 Å². The van der Waals surface area contributed by atoms with E-state index in [1.54, 1.807) is 36.1 Å². The Morgan fingerprint density at radius 3 is 2.28 bits per heavy atom. The van der Waals surface area contributed by atoms with Crippen LogP contribution in [-0.4, -0.2) is 79.1 Å². The van der Waals surface area contributed by atoms with E-state index in [2.05, 4.69) is 4.90 Å². The van der Waals surface area contributed by atoms with Crippen LogP contribution in [0, 0.1) is 0 Å². The van der Waals surface area contributed by atoms with E-state index in [1.165, 1.54) is 6.92 Å². The first-order chi connectivity index (χ1) is 15.0. The fourth-order valence-electron chi connectivity index (χ4n) is 3.05. The highest BCUT2D eigenvalue weighted by Crippen LogP contribution is 2.49. The molecule has 10 heteroatoms. The number of amides is 1. The lowest BCUT2D eigenvalue weighted by molar-refractivity contribution is -0.150. The molecule has 1 aromatic rings. The summed E-state index contributed by atoms with van der Waals surface area (Å²) in [6.45, 7) is 11.6. The molecule has 1 saturated heterocycles. The molecule has 180 valence electrons. The van der Waals surface area contributed by atoms with Crippen LogP contribution < -0.4 is 4.52 Å². The highest BCUT2D eigenvalue weighted by atomic mass is 31.2. The van der Waals surface area contributed by atoms with Crippen molar-refractivity contribution in [3.8, 4) is 5.75 Å². The fourth-order valence-corrected chi connectivity index (χ4v) is 4.83. The molecule has 32 heavy (non-hydrogen) atoms. The van der Waals surface area contributed by atoms with Crippen molar-refractivity contribution in [1.29, 1.82) is 0 Å². The van der Waals surface area contributed by atoms with Gasteiger partial charge in [0.2, 0.25) is 0 Å². The summed E-state index contributed by atoms with van der Waals surface area (Å²) in [5.41, 5.74) is -0.539. The van der Waals surface area contributed by atoms with Gasteiger partial charge >= 0.3 is 19.7 Å². The number of ether oxygens (including phenoxy) is 2. The van der Waals surface area contributed by atoms with Gasteiger partial charge in [0.25, 0.3) is 0 Å². The summed E-state index contributed by atoms with van der Waals surface area (Å²) in [7, 11) is -3.65. The molecule has 1 aliphatic rings. The molecule has 1 aliphatic heterocycles. The Bertz CT molecular complexity index is 789. The topological polar surface area (TPSA) is 94.6 Å². The van der Waals surface area contributed by atoms with Crippen LogP contribution in [0.5, 0.6) is 5.75 Å². The summed E-state index contributed by atoms with van der Waals surface area (Å²) in [6.07, 6.45) is -1.26. The van der Waals surface area contributed by atoms with Gasteiger partial charge < -0.3 is 18.9 Å². The average Bonchev–Trinajstić information content (AvgIpc) is 2.72. The van der Waals surface area contributed by atoms with Gasteiger partial charge in [-0.2, -0.15) is 0 Å². The molecule has 2 rings (SSSR count). The zero-order chi connectivity index (χ0) is 23.8. The summed E-state index contributed by atoms with van der Waals surface area (Å²) in [5, 5.41) is 0. The second kappa shape index (κ2) is 11.7. The molecule has 2 atom stereocenters. The molecular weight excluding hydrogens is 435 g/mol. The summed E-state index contributed by atoms with van der Waals surface area (Å²) < 4.78 is 35.2. The van der Waals surface area contributed by atoms with Gasteiger partial charge in [-0.05, 0) is 46.8 Å². The Balaban J connectivity index is 1.96. The highest BCUT2D eigenvalue weighted by Gasteiger charge is 2.34. The predicted molar refractivity (Wildman–Crippen MR) is 121 cm³/mol. The lowest BCUT2D eigenvalue weighted by atomic mass is 10.2. The first-order valence-electron chi connectivity index (χ1n) is 10.9. The molecule has 0 aliphatic carbocycles. The fraction of sp³-hybridized carbons (Fsp3) is 0.636. The standard InChI is InChI=1S/C22H35N2O7P/c1-6-28-20(25)18(2)30-32(27,31-19-10-8-7-9-11-19)17-16-23-12-14-24(15-13-23)21(26)29-22(3,4)5/h7-11,18H,6,12-17H2,1-5H3/t18-,32?/m0/s1. The number of esters is 1. The van der Waals surface area contributed by atoms with Crippen LogP contribution in [0.25, 0.3) is 0 Å². The summed E-state index contributed by atoms with van der Waals surface area (Å²) >= 11 is 0. The number of rotatable bonds is 9. The van der Waals surface area contributed by atoms with Crippen LogP contribution in [0.2, 0.25) is 0 Å². The van der Waals surface area contributed by atoms with Crippen LogP contribution in [-0.2, 0) is 23.4 Å². The number of hydrogen-bond acceptors (Lipinski definition) is 8. The quantitative estimate of drug-likeness (QED) is 0.398. The average molecular weight is 471 g/mol. The van der Waals surface area contributed by atoms with Gasteiger partial charge in [-0.1, -0.05) is 18.2 Å². The molecule has 1 unspecified atom stereocenters. The van der Waals surface area contributed by atoms with Gasteiger partial charge in [0.1, 0.15) is 11.4 Å². The minimum atomic E-state index is -3.65. The molecule has 0 aromatic heterocycles. The predicted octanol–water partition coefficient (Wildman–Crippen LogP) is 3.78. The van der Waals surface area contributed by atoms with Crippen molar-refractivity contribution >= 4 is 19.7 Å². The van der Waals surface area contributed by atoms with E-state index in [1.807, 2.05) is 26.8 Å². The van der Waals surface area contributed by atoms with E-state index in [0.717, 1.165) is 0 Å². The van der Waals surface area contributed by atoms with E-state index in [-0.39, 0.29) is 18.9 Å². The SMILES string of the molecule is CCOC(=O)[C@H](C)OP(=O)(CCN1CCN(C(=O)OC(C)(C)C)CC1)Oc1ccccc1. The summed E-state index contributed by atoms with van der Waals surface area (Å²) in [6, 6.07) is 8.73. The van der Waals surface area contributed by atoms with E-state index in [9.17, 15) is 14.2 Å². The number of carbonyl (C=O) groups is 2. The maximum absolute atomic E-state index is 13.5. The van der Waals surface area contributed by atoms with Crippen molar-refractivity contribution in [2.75, 3.05) is 45.5 Å².